The van der Waals surface area contributed by atoms with Gasteiger partial charge in [-0.1, -0.05) is 44.0 Å². The highest BCUT2D eigenvalue weighted by atomic mass is 19.4. The zero-order valence-corrected chi connectivity index (χ0v) is 25.0. The monoisotopic (exact) mass is 620 g/mol. The Balaban J connectivity index is 1.20. The fourth-order valence-corrected chi connectivity index (χ4v) is 7.14. The van der Waals surface area contributed by atoms with Crippen LogP contribution in [-0.4, -0.2) is 6.36 Å². The van der Waals surface area contributed by atoms with E-state index in [1.165, 1.54) is 12.1 Å². The van der Waals surface area contributed by atoms with Crippen LogP contribution in [0.3, 0.4) is 0 Å². The van der Waals surface area contributed by atoms with Crippen molar-refractivity contribution in [2.45, 2.75) is 109 Å². The minimum Gasteiger partial charge on any atom is -0.406 e. The molecular weight excluding hydrogens is 581 g/mol. The van der Waals surface area contributed by atoms with Gasteiger partial charge in [0.2, 0.25) is 0 Å². The van der Waals surface area contributed by atoms with Crippen molar-refractivity contribution in [3.63, 3.8) is 0 Å². The predicted molar refractivity (Wildman–Crippen MR) is 157 cm³/mol. The van der Waals surface area contributed by atoms with Crippen molar-refractivity contribution in [2.75, 3.05) is 0 Å². The van der Waals surface area contributed by atoms with Gasteiger partial charge in [-0.15, -0.1) is 13.2 Å². The van der Waals surface area contributed by atoms with Crippen LogP contribution in [0.4, 0.5) is 30.7 Å². The summed E-state index contributed by atoms with van der Waals surface area (Å²) in [6.07, 6.45) is 3.67. The highest BCUT2D eigenvalue weighted by molar-refractivity contribution is 5.41. The first-order valence-electron chi connectivity index (χ1n) is 15.8. The van der Waals surface area contributed by atoms with Crippen LogP contribution in [0.15, 0.2) is 42.5 Å². The van der Waals surface area contributed by atoms with Gasteiger partial charge in [-0.25, -0.2) is 17.6 Å². The third kappa shape index (κ3) is 7.60. The van der Waals surface area contributed by atoms with Crippen LogP contribution >= 0.6 is 0 Å². The van der Waals surface area contributed by atoms with E-state index >= 15 is 13.2 Å². The molecule has 3 aromatic carbocycles. The Morgan fingerprint density at radius 2 is 1.45 bits per heavy atom. The standard InChI is InChI=1S/C36H39F7O/c1-2-3-4-5-22-6-9-26(31(37)21-22)10-7-23-8-19-29-30(20-23)34(39)35(40)32(33(29)38)27-13-11-24(12-14-27)25-15-17-28(18-16-25)44-36(41,42)43/h6,9,15-18,21,23-24,27H,2-5,7-8,10-14,19-20H2,1H3. The molecule has 1 nitrogen and oxygen atoms in total. The maximum Gasteiger partial charge on any atom is 0.573 e. The van der Waals surface area contributed by atoms with Gasteiger partial charge in [-0.05, 0) is 134 Å². The van der Waals surface area contributed by atoms with Crippen LogP contribution in [0.25, 0.3) is 0 Å². The van der Waals surface area contributed by atoms with E-state index in [-0.39, 0.29) is 46.5 Å². The van der Waals surface area contributed by atoms with Crippen LogP contribution < -0.4 is 4.74 Å². The summed E-state index contributed by atoms with van der Waals surface area (Å²) in [6.45, 7) is 2.13. The molecule has 0 N–H and O–H groups in total. The van der Waals surface area contributed by atoms with Crippen molar-refractivity contribution in [3.05, 3.63) is 99.1 Å². The van der Waals surface area contributed by atoms with E-state index in [2.05, 4.69) is 11.7 Å². The number of fused-ring (bicyclic) bond motifs is 1. The first kappa shape index (κ1) is 32.4. The summed E-state index contributed by atoms with van der Waals surface area (Å²) >= 11 is 0. The fourth-order valence-electron chi connectivity index (χ4n) is 7.14. The van der Waals surface area contributed by atoms with Crippen molar-refractivity contribution in [1.29, 1.82) is 0 Å². The molecule has 5 rings (SSSR count). The molecule has 1 saturated carbocycles. The molecule has 238 valence electrons. The second-order valence-electron chi connectivity index (χ2n) is 12.5. The molecule has 0 radical (unpaired) electrons. The fraction of sp³-hybridized carbons (Fsp3) is 0.500. The number of ether oxygens (including phenoxy) is 1. The molecule has 0 saturated heterocycles. The molecule has 0 heterocycles. The molecule has 0 aliphatic heterocycles. The average molecular weight is 621 g/mol. The van der Waals surface area contributed by atoms with Crippen molar-refractivity contribution < 1.29 is 35.5 Å². The Hall–Kier alpha value is -3.03. The van der Waals surface area contributed by atoms with Crippen LogP contribution in [-0.2, 0) is 25.7 Å². The van der Waals surface area contributed by atoms with Gasteiger partial charge in [0.25, 0.3) is 0 Å². The van der Waals surface area contributed by atoms with Gasteiger partial charge in [-0.2, -0.15) is 0 Å². The number of hydrogen-bond acceptors (Lipinski definition) is 1. The third-order valence-electron chi connectivity index (χ3n) is 9.58. The predicted octanol–water partition coefficient (Wildman–Crippen LogP) is 11.1. The number of aryl methyl sites for hydroxylation is 2. The third-order valence-corrected chi connectivity index (χ3v) is 9.58. The Morgan fingerprint density at radius 1 is 0.750 bits per heavy atom. The average Bonchev–Trinajstić information content (AvgIpc) is 3.00. The molecule has 1 fully saturated rings. The highest BCUT2D eigenvalue weighted by Crippen LogP contribution is 2.45. The minimum absolute atomic E-state index is 0.00800. The lowest BCUT2D eigenvalue weighted by Gasteiger charge is -2.32. The summed E-state index contributed by atoms with van der Waals surface area (Å²) in [7, 11) is 0. The van der Waals surface area contributed by atoms with Crippen molar-refractivity contribution in [2.24, 2.45) is 5.92 Å². The molecule has 2 aliphatic carbocycles. The number of halogens is 7. The van der Waals surface area contributed by atoms with E-state index in [0.717, 1.165) is 36.8 Å². The first-order chi connectivity index (χ1) is 21.0. The maximum atomic E-state index is 15.8. The van der Waals surface area contributed by atoms with Gasteiger partial charge in [0.1, 0.15) is 17.4 Å². The molecule has 0 bridgehead atoms. The van der Waals surface area contributed by atoms with Gasteiger partial charge >= 0.3 is 6.36 Å². The van der Waals surface area contributed by atoms with Crippen molar-refractivity contribution in [3.8, 4) is 5.75 Å². The maximum absolute atomic E-state index is 15.8. The molecule has 44 heavy (non-hydrogen) atoms. The smallest absolute Gasteiger partial charge is 0.406 e. The molecule has 1 unspecified atom stereocenters. The quantitative estimate of drug-likeness (QED) is 0.124. The van der Waals surface area contributed by atoms with E-state index < -0.39 is 29.7 Å². The van der Waals surface area contributed by atoms with Gasteiger partial charge in [0.15, 0.2) is 11.6 Å². The Labute approximate surface area is 254 Å². The number of unbranched alkanes of at least 4 members (excludes halogenated alkanes) is 2. The number of benzene rings is 3. The van der Waals surface area contributed by atoms with E-state index in [4.69, 9.17) is 0 Å². The molecule has 3 aromatic rings. The van der Waals surface area contributed by atoms with Gasteiger partial charge < -0.3 is 4.74 Å². The largest absolute Gasteiger partial charge is 0.573 e. The highest BCUT2D eigenvalue weighted by Gasteiger charge is 2.35. The number of hydrogen-bond donors (Lipinski definition) is 0. The van der Waals surface area contributed by atoms with E-state index in [0.29, 0.717) is 56.9 Å². The normalized spacial score (nSPS) is 20.4. The SMILES string of the molecule is CCCCCc1ccc(CCC2CCc3c(F)c(C4CCC(c5ccc(OC(F)(F)F)cc5)CC4)c(F)c(F)c3C2)c(F)c1. The summed E-state index contributed by atoms with van der Waals surface area (Å²) in [5, 5.41) is 0. The Bertz CT molecular complexity index is 1420. The zero-order valence-electron chi connectivity index (χ0n) is 25.0. The van der Waals surface area contributed by atoms with Gasteiger partial charge in [0, 0.05) is 5.56 Å². The van der Waals surface area contributed by atoms with E-state index in [9.17, 15) is 17.6 Å². The zero-order chi connectivity index (χ0) is 31.4. The molecule has 1 atom stereocenters. The van der Waals surface area contributed by atoms with Crippen LogP contribution in [0.1, 0.15) is 110 Å². The number of rotatable bonds is 10. The summed E-state index contributed by atoms with van der Waals surface area (Å²) in [5.74, 6) is -3.68. The summed E-state index contributed by atoms with van der Waals surface area (Å²) < 4.78 is 103. The summed E-state index contributed by atoms with van der Waals surface area (Å²) in [6, 6.07) is 11.1. The van der Waals surface area contributed by atoms with Crippen LogP contribution in [0, 0.1) is 29.2 Å². The second kappa shape index (κ2) is 13.9. The second-order valence-corrected chi connectivity index (χ2v) is 12.5. The molecular formula is C36H39F7O. The first-order valence-corrected chi connectivity index (χ1v) is 15.8. The molecule has 2 aliphatic rings. The minimum atomic E-state index is -4.77. The lowest BCUT2D eigenvalue weighted by atomic mass is 9.73. The van der Waals surface area contributed by atoms with Gasteiger partial charge in [0.05, 0.1) is 0 Å². The lowest BCUT2D eigenvalue weighted by Crippen LogP contribution is -2.23. The number of alkyl halides is 3. The van der Waals surface area contributed by atoms with Gasteiger partial charge in [-0.3, -0.25) is 0 Å². The molecule has 0 amide bonds. The topological polar surface area (TPSA) is 9.23 Å². The Kier molecular flexibility index (Phi) is 10.3. The molecule has 0 spiro atoms. The molecule has 8 heteroatoms. The van der Waals surface area contributed by atoms with E-state index in [1.807, 2.05) is 12.1 Å². The van der Waals surface area contributed by atoms with E-state index in [1.54, 1.807) is 18.2 Å². The summed E-state index contributed by atoms with van der Waals surface area (Å²) in [4.78, 5) is 0. The van der Waals surface area contributed by atoms with Crippen LogP contribution in [0.5, 0.6) is 5.75 Å². The lowest BCUT2D eigenvalue weighted by molar-refractivity contribution is -0.274. The van der Waals surface area contributed by atoms with Crippen molar-refractivity contribution in [1.82, 2.24) is 0 Å². The summed E-state index contributed by atoms with van der Waals surface area (Å²) in [5.41, 5.74) is 2.64. The Morgan fingerprint density at radius 3 is 2.11 bits per heavy atom. The van der Waals surface area contributed by atoms with Crippen LogP contribution in [0.2, 0.25) is 0 Å². The molecule has 0 aromatic heterocycles. The van der Waals surface area contributed by atoms with Crippen molar-refractivity contribution >= 4 is 0 Å².